The predicted molar refractivity (Wildman–Crippen MR) is 102 cm³/mol. The van der Waals surface area contributed by atoms with E-state index in [4.69, 9.17) is 9.47 Å². The number of hydrogen-bond donors (Lipinski definition) is 2. The van der Waals surface area contributed by atoms with Gasteiger partial charge in [0, 0.05) is 31.5 Å². The molecule has 0 aliphatic carbocycles. The Balaban J connectivity index is 1.97. The van der Waals surface area contributed by atoms with Crippen LogP contribution in [0, 0.1) is 5.92 Å². The standard InChI is InChI=1S/C19H37N3O4/c1-15(2)22-10-5-17(6-11-22)19(24)21-8-13-25-12-7-18(23)20-9-14-26-16(3)4/h15-17H,5-14H2,1-4H3,(H,20,23)(H,21,24). The summed E-state index contributed by atoms with van der Waals surface area (Å²) in [5, 5.41) is 5.72. The summed E-state index contributed by atoms with van der Waals surface area (Å²) in [4.78, 5) is 26.1. The molecule has 26 heavy (non-hydrogen) atoms. The topological polar surface area (TPSA) is 79.9 Å². The molecule has 7 nitrogen and oxygen atoms in total. The fourth-order valence-corrected chi connectivity index (χ4v) is 2.91. The minimum atomic E-state index is -0.0432. The highest BCUT2D eigenvalue weighted by Crippen LogP contribution is 2.18. The molecule has 0 unspecified atom stereocenters. The van der Waals surface area contributed by atoms with Crippen molar-refractivity contribution in [3.05, 3.63) is 0 Å². The summed E-state index contributed by atoms with van der Waals surface area (Å²) in [7, 11) is 0. The predicted octanol–water partition coefficient (Wildman–Crippen LogP) is 1.17. The van der Waals surface area contributed by atoms with E-state index in [9.17, 15) is 9.59 Å². The molecular formula is C19H37N3O4. The van der Waals surface area contributed by atoms with Gasteiger partial charge in [-0.3, -0.25) is 9.59 Å². The maximum Gasteiger partial charge on any atom is 0.223 e. The molecule has 1 aliphatic rings. The zero-order valence-electron chi connectivity index (χ0n) is 16.9. The third kappa shape index (κ3) is 10.1. The largest absolute Gasteiger partial charge is 0.379 e. The molecule has 1 rings (SSSR count). The highest BCUT2D eigenvalue weighted by Gasteiger charge is 2.25. The van der Waals surface area contributed by atoms with Gasteiger partial charge in [-0.05, 0) is 53.6 Å². The number of piperidine rings is 1. The molecule has 0 spiro atoms. The second-order valence-corrected chi connectivity index (χ2v) is 7.33. The van der Waals surface area contributed by atoms with Gasteiger partial charge >= 0.3 is 0 Å². The van der Waals surface area contributed by atoms with Crippen molar-refractivity contribution in [1.29, 1.82) is 0 Å². The molecule has 0 aromatic rings. The van der Waals surface area contributed by atoms with Crippen LogP contribution in [-0.2, 0) is 19.1 Å². The van der Waals surface area contributed by atoms with Crippen molar-refractivity contribution in [1.82, 2.24) is 15.5 Å². The molecule has 2 N–H and O–H groups in total. The van der Waals surface area contributed by atoms with E-state index >= 15 is 0 Å². The summed E-state index contributed by atoms with van der Waals surface area (Å²) >= 11 is 0. The highest BCUT2D eigenvalue weighted by molar-refractivity contribution is 5.78. The van der Waals surface area contributed by atoms with Crippen molar-refractivity contribution in [2.24, 2.45) is 5.92 Å². The summed E-state index contributed by atoms with van der Waals surface area (Å²) < 4.78 is 10.8. The first kappa shape index (κ1) is 22.9. The van der Waals surface area contributed by atoms with Gasteiger partial charge in [-0.15, -0.1) is 0 Å². The Morgan fingerprint density at radius 3 is 2.27 bits per heavy atom. The SMILES string of the molecule is CC(C)OCCNC(=O)CCOCCNC(=O)C1CCN(C(C)C)CC1. The van der Waals surface area contributed by atoms with Gasteiger partial charge in [0.15, 0.2) is 0 Å². The smallest absolute Gasteiger partial charge is 0.223 e. The molecule has 0 atom stereocenters. The van der Waals surface area contributed by atoms with Crippen LogP contribution in [0.4, 0.5) is 0 Å². The van der Waals surface area contributed by atoms with E-state index in [1.165, 1.54) is 0 Å². The fraction of sp³-hybridized carbons (Fsp3) is 0.895. The average Bonchev–Trinajstić information content (AvgIpc) is 2.61. The zero-order valence-corrected chi connectivity index (χ0v) is 16.9. The molecule has 0 bridgehead atoms. The number of ether oxygens (including phenoxy) is 2. The van der Waals surface area contributed by atoms with Gasteiger partial charge < -0.3 is 25.0 Å². The van der Waals surface area contributed by atoms with Crippen LogP contribution in [-0.4, -0.2) is 74.9 Å². The van der Waals surface area contributed by atoms with Crippen molar-refractivity contribution < 1.29 is 19.1 Å². The lowest BCUT2D eigenvalue weighted by molar-refractivity contribution is -0.127. The van der Waals surface area contributed by atoms with E-state index in [-0.39, 0.29) is 23.8 Å². The quantitative estimate of drug-likeness (QED) is 0.504. The van der Waals surface area contributed by atoms with E-state index in [1.54, 1.807) is 0 Å². The number of carbonyl (C=O) groups excluding carboxylic acids is 2. The maximum atomic E-state index is 12.1. The molecule has 0 saturated carbocycles. The van der Waals surface area contributed by atoms with Gasteiger partial charge in [0.25, 0.3) is 0 Å². The van der Waals surface area contributed by atoms with E-state index in [2.05, 4.69) is 29.4 Å². The number of hydrogen-bond acceptors (Lipinski definition) is 5. The van der Waals surface area contributed by atoms with Crippen LogP contribution in [0.3, 0.4) is 0 Å². The van der Waals surface area contributed by atoms with Crippen LogP contribution in [0.1, 0.15) is 47.0 Å². The van der Waals surface area contributed by atoms with Crippen LogP contribution in [0.2, 0.25) is 0 Å². The van der Waals surface area contributed by atoms with Gasteiger partial charge in [-0.25, -0.2) is 0 Å². The summed E-state index contributed by atoms with van der Waals surface area (Å²) in [5.41, 5.74) is 0. The average molecular weight is 372 g/mol. The molecule has 2 amide bonds. The fourth-order valence-electron chi connectivity index (χ4n) is 2.91. The van der Waals surface area contributed by atoms with E-state index in [0.29, 0.717) is 45.4 Å². The number of likely N-dealkylation sites (tertiary alicyclic amines) is 1. The Labute approximate surface area is 158 Å². The molecule has 0 radical (unpaired) electrons. The third-order valence-electron chi connectivity index (χ3n) is 4.53. The minimum Gasteiger partial charge on any atom is -0.379 e. The molecule has 1 fully saturated rings. The first-order valence-corrected chi connectivity index (χ1v) is 9.88. The van der Waals surface area contributed by atoms with Crippen molar-refractivity contribution in [3.63, 3.8) is 0 Å². The number of carbonyl (C=O) groups is 2. The second-order valence-electron chi connectivity index (χ2n) is 7.33. The summed E-state index contributed by atoms with van der Waals surface area (Å²) in [5.74, 6) is 0.196. The Morgan fingerprint density at radius 2 is 1.65 bits per heavy atom. The van der Waals surface area contributed by atoms with Crippen LogP contribution in [0.25, 0.3) is 0 Å². The molecular weight excluding hydrogens is 334 g/mol. The van der Waals surface area contributed by atoms with E-state index < -0.39 is 0 Å². The van der Waals surface area contributed by atoms with Crippen LogP contribution >= 0.6 is 0 Å². The van der Waals surface area contributed by atoms with E-state index in [0.717, 1.165) is 25.9 Å². The Morgan fingerprint density at radius 1 is 1.00 bits per heavy atom. The molecule has 152 valence electrons. The summed E-state index contributed by atoms with van der Waals surface area (Å²) in [6.45, 7) is 12.6. The third-order valence-corrected chi connectivity index (χ3v) is 4.53. The van der Waals surface area contributed by atoms with Gasteiger partial charge in [0.2, 0.25) is 11.8 Å². The number of nitrogens with zero attached hydrogens (tertiary/aromatic N) is 1. The first-order valence-electron chi connectivity index (χ1n) is 9.88. The van der Waals surface area contributed by atoms with Crippen LogP contribution < -0.4 is 10.6 Å². The van der Waals surface area contributed by atoms with Crippen molar-refractivity contribution in [2.45, 2.75) is 59.1 Å². The highest BCUT2D eigenvalue weighted by atomic mass is 16.5. The maximum absolute atomic E-state index is 12.1. The zero-order chi connectivity index (χ0) is 19.4. The first-order chi connectivity index (χ1) is 12.4. The normalized spacial score (nSPS) is 16.2. The summed E-state index contributed by atoms with van der Waals surface area (Å²) in [6, 6.07) is 0.548. The Kier molecular flexibility index (Phi) is 11.5. The second kappa shape index (κ2) is 13.1. The molecule has 0 aromatic carbocycles. The molecule has 0 aromatic heterocycles. The van der Waals surface area contributed by atoms with Gasteiger partial charge in [0.1, 0.15) is 0 Å². The lowest BCUT2D eigenvalue weighted by Crippen LogP contribution is -2.43. The van der Waals surface area contributed by atoms with Crippen LogP contribution in [0.5, 0.6) is 0 Å². The number of nitrogens with one attached hydrogen (secondary N) is 2. The minimum absolute atomic E-state index is 0.0432. The van der Waals surface area contributed by atoms with E-state index in [1.807, 2.05) is 13.8 Å². The summed E-state index contributed by atoms with van der Waals surface area (Å²) in [6.07, 6.45) is 2.34. The number of rotatable bonds is 12. The monoisotopic (exact) mass is 371 g/mol. The molecule has 1 aliphatic heterocycles. The van der Waals surface area contributed by atoms with Gasteiger partial charge in [-0.2, -0.15) is 0 Å². The van der Waals surface area contributed by atoms with Crippen molar-refractivity contribution >= 4 is 11.8 Å². The van der Waals surface area contributed by atoms with Crippen LogP contribution in [0.15, 0.2) is 0 Å². The molecule has 1 saturated heterocycles. The van der Waals surface area contributed by atoms with Crippen molar-refractivity contribution in [2.75, 3.05) is 46.0 Å². The lowest BCUT2D eigenvalue weighted by atomic mass is 9.95. The Bertz CT molecular complexity index is 408. The van der Waals surface area contributed by atoms with Gasteiger partial charge in [-0.1, -0.05) is 0 Å². The number of amides is 2. The van der Waals surface area contributed by atoms with Crippen molar-refractivity contribution in [3.8, 4) is 0 Å². The van der Waals surface area contributed by atoms with Gasteiger partial charge in [0.05, 0.1) is 25.9 Å². The lowest BCUT2D eigenvalue weighted by Gasteiger charge is -2.33. The molecule has 1 heterocycles. The molecule has 7 heteroatoms. The Hall–Kier alpha value is -1.18.